The van der Waals surface area contributed by atoms with Gasteiger partial charge in [-0.15, -0.1) is 11.3 Å². The van der Waals surface area contributed by atoms with Crippen LogP contribution in [0.25, 0.3) is 0 Å². The van der Waals surface area contributed by atoms with Crippen molar-refractivity contribution in [1.29, 1.82) is 5.26 Å². The molecule has 0 saturated carbocycles. The highest BCUT2D eigenvalue weighted by Crippen LogP contribution is 2.15. The lowest BCUT2D eigenvalue weighted by Crippen LogP contribution is -2.26. The highest BCUT2D eigenvalue weighted by atomic mass is 32.1. The number of hydrogen-bond donors (Lipinski definition) is 2. The molecule has 0 aliphatic rings. The third-order valence-electron chi connectivity index (χ3n) is 3.80. The van der Waals surface area contributed by atoms with Crippen LogP contribution in [0, 0.1) is 25.2 Å². The second-order valence-electron chi connectivity index (χ2n) is 5.35. The number of nitrogens with one attached hydrogen (secondary N) is 2. The number of amides is 1. The molecule has 23 heavy (non-hydrogen) atoms. The van der Waals surface area contributed by atoms with E-state index in [0.717, 1.165) is 17.7 Å². The first-order chi connectivity index (χ1) is 11.0. The second kappa shape index (κ2) is 7.75. The summed E-state index contributed by atoms with van der Waals surface area (Å²) in [5.74, 6) is -0.0231. The minimum Gasteiger partial charge on any atom is -0.356 e. The highest BCUT2D eigenvalue weighted by Gasteiger charge is 2.13. The second-order valence-corrected chi connectivity index (χ2v) is 6.38. The molecular formula is C17H19N3O2S. The van der Waals surface area contributed by atoms with Crippen LogP contribution in [-0.2, 0) is 17.6 Å². The molecule has 0 saturated heterocycles. The zero-order chi connectivity index (χ0) is 16.8. The van der Waals surface area contributed by atoms with E-state index in [1.165, 1.54) is 4.88 Å². The van der Waals surface area contributed by atoms with Gasteiger partial charge in [0, 0.05) is 23.5 Å². The standard InChI is InChI=1S/C17H19N3O2S/c1-11-14(12(2)20-17(22)15(11)10-18)5-6-16(21)19-8-7-13-4-3-9-23-13/h3-4,9H,5-8H2,1-2H3,(H,19,21)(H,20,22). The molecule has 2 heterocycles. The fraction of sp³-hybridized carbons (Fsp3) is 0.353. The molecule has 0 unspecified atom stereocenters. The van der Waals surface area contributed by atoms with Gasteiger partial charge in [-0.3, -0.25) is 9.59 Å². The van der Waals surface area contributed by atoms with Crippen LogP contribution in [0.4, 0.5) is 0 Å². The lowest BCUT2D eigenvalue weighted by Gasteiger charge is -2.11. The van der Waals surface area contributed by atoms with Crippen LogP contribution in [0.5, 0.6) is 0 Å². The van der Waals surface area contributed by atoms with E-state index in [1.807, 2.05) is 23.6 Å². The molecule has 0 radical (unpaired) electrons. The summed E-state index contributed by atoms with van der Waals surface area (Å²) in [5, 5.41) is 14.0. The Labute approximate surface area is 139 Å². The molecule has 0 atom stereocenters. The van der Waals surface area contributed by atoms with Crippen LogP contribution in [0.3, 0.4) is 0 Å². The maximum Gasteiger partial charge on any atom is 0.266 e. The van der Waals surface area contributed by atoms with Crippen LogP contribution < -0.4 is 10.9 Å². The summed E-state index contributed by atoms with van der Waals surface area (Å²) in [6.45, 7) is 4.16. The van der Waals surface area contributed by atoms with E-state index in [-0.39, 0.29) is 17.0 Å². The number of aryl methyl sites for hydroxylation is 1. The molecule has 2 aromatic rings. The van der Waals surface area contributed by atoms with Crippen molar-refractivity contribution in [2.45, 2.75) is 33.1 Å². The monoisotopic (exact) mass is 329 g/mol. The largest absolute Gasteiger partial charge is 0.356 e. The predicted octanol–water partition coefficient (Wildman–Crippen LogP) is 2.22. The fourth-order valence-electron chi connectivity index (χ4n) is 2.53. The van der Waals surface area contributed by atoms with Crippen LogP contribution in [0.1, 0.15) is 33.7 Å². The predicted molar refractivity (Wildman–Crippen MR) is 90.6 cm³/mol. The fourth-order valence-corrected chi connectivity index (χ4v) is 3.24. The third-order valence-corrected chi connectivity index (χ3v) is 4.73. The van der Waals surface area contributed by atoms with Crippen molar-refractivity contribution in [2.75, 3.05) is 6.54 Å². The number of H-pyrrole nitrogens is 1. The molecule has 2 aromatic heterocycles. The van der Waals surface area contributed by atoms with Crippen molar-refractivity contribution in [3.8, 4) is 6.07 Å². The number of aromatic nitrogens is 1. The van der Waals surface area contributed by atoms with Gasteiger partial charge < -0.3 is 10.3 Å². The summed E-state index contributed by atoms with van der Waals surface area (Å²) in [5.41, 5.74) is 2.02. The van der Waals surface area contributed by atoms with Gasteiger partial charge in [-0.05, 0) is 49.3 Å². The van der Waals surface area contributed by atoms with E-state index < -0.39 is 0 Å². The van der Waals surface area contributed by atoms with E-state index in [0.29, 0.717) is 24.9 Å². The van der Waals surface area contributed by atoms with Crippen molar-refractivity contribution >= 4 is 17.2 Å². The van der Waals surface area contributed by atoms with Gasteiger partial charge in [0.15, 0.2) is 0 Å². The van der Waals surface area contributed by atoms with E-state index >= 15 is 0 Å². The third kappa shape index (κ3) is 4.30. The number of carbonyl (C=O) groups excluding carboxylic acids is 1. The highest BCUT2D eigenvalue weighted by molar-refractivity contribution is 7.09. The van der Waals surface area contributed by atoms with Gasteiger partial charge in [0.25, 0.3) is 5.56 Å². The van der Waals surface area contributed by atoms with Crippen LogP contribution in [-0.4, -0.2) is 17.4 Å². The van der Waals surface area contributed by atoms with Gasteiger partial charge in [-0.2, -0.15) is 5.26 Å². The summed E-state index contributed by atoms with van der Waals surface area (Å²) in [4.78, 5) is 27.5. The Hall–Kier alpha value is -2.39. The Morgan fingerprint density at radius 3 is 2.83 bits per heavy atom. The smallest absolute Gasteiger partial charge is 0.266 e. The summed E-state index contributed by atoms with van der Waals surface area (Å²) in [6.07, 6.45) is 1.68. The van der Waals surface area contributed by atoms with E-state index in [1.54, 1.807) is 25.2 Å². The molecular weight excluding hydrogens is 310 g/mol. The molecule has 0 bridgehead atoms. The van der Waals surface area contributed by atoms with Gasteiger partial charge in [0.05, 0.1) is 0 Å². The number of nitrogens with zero attached hydrogens (tertiary/aromatic N) is 1. The number of aromatic amines is 1. The van der Waals surface area contributed by atoms with Gasteiger partial charge in [-0.1, -0.05) is 6.07 Å². The lowest BCUT2D eigenvalue weighted by atomic mass is 9.99. The first-order valence-electron chi connectivity index (χ1n) is 7.44. The summed E-state index contributed by atoms with van der Waals surface area (Å²) >= 11 is 1.68. The summed E-state index contributed by atoms with van der Waals surface area (Å²) in [7, 11) is 0. The van der Waals surface area contributed by atoms with Crippen molar-refractivity contribution in [3.05, 3.63) is 55.1 Å². The molecule has 0 fully saturated rings. The molecule has 120 valence electrons. The first-order valence-corrected chi connectivity index (χ1v) is 8.32. The molecule has 5 nitrogen and oxygen atoms in total. The van der Waals surface area contributed by atoms with Gasteiger partial charge in [0.1, 0.15) is 11.6 Å². The molecule has 1 amide bonds. The maximum atomic E-state index is 11.9. The number of hydrogen-bond acceptors (Lipinski definition) is 4. The van der Waals surface area contributed by atoms with E-state index in [4.69, 9.17) is 5.26 Å². The Kier molecular flexibility index (Phi) is 5.72. The minimum absolute atomic E-state index is 0.0231. The van der Waals surface area contributed by atoms with E-state index in [9.17, 15) is 9.59 Å². The lowest BCUT2D eigenvalue weighted by molar-refractivity contribution is -0.121. The average molecular weight is 329 g/mol. The SMILES string of the molecule is Cc1[nH]c(=O)c(C#N)c(C)c1CCC(=O)NCCc1cccs1. The molecule has 0 aliphatic carbocycles. The Morgan fingerprint density at radius 2 is 2.17 bits per heavy atom. The van der Waals surface area contributed by atoms with Gasteiger partial charge >= 0.3 is 0 Å². The van der Waals surface area contributed by atoms with Crippen LogP contribution in [0.15, 0.2) is 22.3 Å². The molecule has 2 rings (SSSR count). The number of rotatable bonds is 6. The zero-order valence-corrected chi connectivity index (χ0v) is 14.0. The average Bonchev–Trinajstić information content (AvgIpc) is 3.00. The Bertz CT molecular complexity index is 785. The topological polar surface area (TPSA) is 85.8 Å². The maximum absolute atomic E-state index is 11.9. The van der Waals surface area contributed by atoms with Gasteiger partial charge in [-0.25, -0.2) is 0 Å². The Balaban J connectivity index is 1.92. The first kappa shape index (κ1) is 17.0. The number of pyridine rings is 1. The van der Waals surface area contributed by atoms with Crippen molar-refractivity contribution in [2.24, 2.45) is 0 Å². The van der Waals surface area contributed by atoms with E-state index in [2.05, 4.69) is 10.3 Å². The number of carbonyl (C=O) groups is 1. The number of thiophene rings is 1. The summed E-state index contributed by atoms with van der Waals surface area (Å²) in [6, 6.07) is 5.97. The normalized spacial score (nSPS) is 10.3. The molecule has 0 aliphatic heterocycles. The van der Waals surface area contributed by atoms with Gasteiger partial charge in [0.2, 0.25) is 5.91 Å². The molecule has 0 spiro atoms. The quantitative estimate of drug-likeness (QED) is 0.852. The summed E-state index contributed by atoms with van der Waals surface area (Å²) < 4.78 is 0. The molecule has 6 heteroatoms. The minimum atomic E-state index is -0.369. The Morgan fingerprint density at radius 1 is 1.39 bits per heavy atom. The molecule has 0 aromatic carbocycles. The van der Waals surface area contributed by atoms with Crippen LogP contribution >= 0.6 is 11.3 Å². The van der Waals surface area contributed by atoms with Crippen molar-refractivity contribution in [1.82, 2.24) is 10.3 Å². The van der Waals surface area contributed by atoms with Crippen molar-refractivity contribution < 1.29 is 4.79 Å². The zero-order valence-electron chi connectivity index (χ0n) is 13.2. The number of nitriles is 1. The van der Waals surface area contributed by atoms with Crippen LogP contribution in [0.2, 0.25) is 0 Å². The molecule has 2 N–H and O–H groups in total. The van der Waals surface area contributed by atoms with Crippen molar-refractivity contribution in [3.63, 3.8) is 0 Å².